The minimum Gasteiger partial charge on any atom is -0.382 e. The van der Waals surface area contributed by atoms with Crippen LogP contribution in [0.1, 0.15) is 33.9 Å². The van der Waals surface area contributed by atoms with Crippen LogP contribution < -0.4 is 16.0 Å². The van der Waals surface area contributed by atoms with Gasteiger partial charge in [0.15, 0.2) is 5.13 Å². The Morgan fingerprint density at radius 1 is 1.38 bits per heavy atom. The van der Waals surface area contributed by atoms with E-state index in [9.17, 15) is 4.79 Å². The summed E-state index contributed by atoms with van der Waals surface area (Å²) in [6.45, 7) is 2.41. The average Bonchev–Trinajstić information content (AvgIpc) is 3.15. The van der Waals surface area contributed by atoms with Gasteiger partial charge >= 0.3 is 0 Å². The molecule has 21 heavy (non-hydrogen) atoms. The number of hydrogen-bond acceptors (Lipinski definition) is 7. The highest BCUT2D eigenvalue weighted by Gasteiger charge is 2.20. The van der Waals surface area contributed by atoms with Gasteiger partial charge in [0.05, 0.1) is 6.54 Å². The molecule has 0 spiro atoms. The van der Waals surface area contributed by atoms with Crippen LogP contribution in [-0.2, 0) is 6.54 Å². The van der Waals surface area contributed by atoms with Gasteiger partial charge in [0, 0.05) is 24.7 Å². The number of carbonyl (C=O) groups excluding carboxylic acids is 1. The third kappa shape index (κ3) is 3.33. The first-order chi connectivity index (χ1) is 10.2. The lowest BCUT2D eigenvalue weighted by molar-refractivity contribution is 0.0955. The Morgan fingerprint density at radius 2 is 2.19 bits per heavy atom. The van der Waals surface area contributed by atoms with Crippen LogP contribution in [0.25, 0.3) is 0 Å². The molecule has 0 saturated carbocycles. The molecule has 3 heterocycles. The fourth-order valence-electron chi connectivity index (χ4n) is 2.28. The average molecular weight is 323 g/mol. The Bertz CT molecular complexity index is 604. The summed E-state index contributed by atoms with van der Waals surface area (Å²) in [6, 6.07) is 0. The molecule has 3 N–H and O–H groups in total. The molecule has 1 aliphatic heterocycles. The third-order valence-corrected chi connectivity index (χ3v) is 5.27. The number of thiazole rings is 2. The zero-order valence-corrected chi connectivity index (χ0v) is 13.2. The first-order valence-corrected chi connectivity index (χ1v) is 8.61. The summed E-state index contributed by atoms with van der Waals surface area (Å²) in [5, 5.41) is 6.46. The molecular weight excluding hydrogens is 306 g/mol. The van der Waals surface area contributed by atoms with Crippen molar-refractivity contribution >= 4 is 39.5 Å². The van der Waals surface area contributed by atoms with Crippen molar-refractivity contribution in [1.29, 1.82) is 0 Å². The van der Waals surface area contributed by atoms with Crippen LogP contribution in [0, 0.1) is 0 Å². The molecule has 1 saturated heterocycles. The monoisotopic (exact) mass is 323 g/mol. The number of amides is 1. The van der Waals surface area contributed by atoms with Crippen molar-refractivity contribution in [2.45, 2.75) is 25.8 Å². The standard InChI is InChI=1S/C13H17N5OS2/c14-11-10(12(19)16-8-9-15-4-7-20-9)21-13(17-11)18-5-2-1-3-6-18/h4,7H,1-3,5-6,8,14H2,(H,16,19). The predicted octanol–water partition coefficient (Wildman–Crippen LogP) is 2.10. The molecule has 0 radical (unpaired) electrons. The van der Waals surface area contributed by atoms with Gasteiger partial charge in [-0.2, -0.15) is 0 Å². The Hall–Kier alpha value is -1.67. The number of carbonyl (C=O) groups is 1. The smallest absolute Gasteiger partial charge is 0.265 e. The molecule has 2 aromatic rings. The second kappa shape index (κ2) is 6.40. The van der Waals surface area contributed by atoms with Gasteiger partial charge in [0.1, 0.15) is 15.7 Å². The van der Waals surface area contributed by atoms with E-state index < -0.39 is 0 Å². The summed E-state index contributed by atoms with van der Waals surface area (Å²) < 4.78 is 0. The Labute approximate surface area is 131 Å². The maximum Gasteiger partial charge on any atom is 0.265 e. The van der Waals surface area contributed by atoms with Crippen LogP contribution in [0.2, 0.25) is 0 Å². The van der Waals surface area contributed by atoms with E-state index in [4.69, 9.17) is 5.73 Å². The third-order valence-electron chi connectivity index (χ3n) is 3.36. The van der Waals surface area contributed by atoms with E-state index in [1.54, 1.807) is 6.20 Å². The Balaban J connectivity index is 1.66. The Kier molecular flexibility index (Phi) is 4.35. The fraction of sp³-hybridized carbons (Fsp3) is 0.462. The van der Waals surface area contributed by atoms with Crippen molar-refractivity contribution in [2.75, 3.05) is 23.7 Å². The normalized spacial score (nSPS) is 15.1. The molecule has 2 aromatic heterocycles. The van der Waals surface area contributed by atoms with E-state index >= 15 is 0 Å². The molecule has 0 aliphatic carbocycles. The lowest BCUT2D eigenvalue weighted by Crippen LogP contribution is -2.29. The van der Waals surface area contributed by atoms with E-state index in [-0.39, 0.29) is 5.91 Å². The van der Waals surface area contributed by atoms with Gasteiger partial charge in [-0.1, -0.05) is 11.3 Å². The van der Waals surface area contributed by atoms with Gasteiger partial charge in [-0.15, -0.1) is 11.3 Å². The molecule has 0 aromatic carbocycles. The van der Waals surface area contributed by atoms with Gasteiger partial charge in [-0.05, 0) is 19.3 Å². The number of rotatable bonds is 4. The molecule has 112 valence electrons. The van der Waals surface area contributed by atoms with Gasteiger partial charge in [-0.3, -0.25) is 4.79 Å². The van der Waals surface area contributed by atoms with E-state index in [1.165, 1.54) is 41.9 Å². The lowest BCUT2D eigenvalue weighted by atomic mass is 10.1. The summed E-state index contributed by atoms with van der Waals surface area (Å²) in [5.74, 6) is 0.140. The highest BCUT2D eigenvalue weighted by molar-refractivity contribution is 7.18. The van der Waals surface area contributed by atoms with Crippen molar-refractivity contribution in [1.82, 2.24) is 15.3 Å². The number of nitrogens with two attached hydrogens (primary N) is 1. The number of nitrogen functional groups attached to an aromatic ring is 1. The molecule has 3 rings (SSSR count). The Morgan fingerprint density at radius 3 is 2.90 bits per heavy atom. The largest absolute Gasteiger partial charge is 0.382 e. The van der Waals surface area contributed by atoms with Crippen LogP contribution in [0.5, 0.6) is 0 Å². The number of nitrogens with zero attached hydrogens (tertiary/aromatic N) is 3. The number of aromatic nitrogens is 2. The van der Waals surface area contributed by atoms with Crippen LogP contribution in [0.4, 0.5) is 10.9 Å². The van der Waals surface area contributed by atoms with E-state index in [0.29, 0.717) is 17.2 Å². The number of hydrogen-bond donors (Lipinski definition) is 2. The quantitative estimate of drug-likeness (QED) is 0.900. The highest BCUT2D eigenvalue weighted by atomic mass is 32.1. The first-order valence-electron chi connectivity index (χ1n) is 6.92. The van der Waals surface area contributed by atoms with E-state index in [1.807, 2.05) is 5.38 Å². The zero-order valence-electron chi connectivity index (χ0n) is 11.5. The molecule has 0 bridgehead atoms. The van der Waals surface area contributed by atoms with Crippen LogP contribution in [0.15, 0.2) is 11.6 Å². The van der Waals surface area contributed by atoms with Crippen molar-refractivity contribution in [2.24, 2.45) is 0 Å². The first kappa shape index (κ1) is 14.3. The van der Waals surface area contributed by atoms with E-state index in [0.717, 1.165) is 23.2 Å². The number of anilines is 2. The summed E-state index contributed by atoms with van der Waals surface area (Å²) in [6.07, 6.45) is 5.33. The fourth-order valence-corrected chi connectivity index (χ4v) is 3.79. The summed E-state index contributed by atoms with van der Waals surface area (Å²) >= 11 is 2.89. The summed E-state index contributed by atoms with van der Waals surface area (Å²) in [5.41, 5.74) is 5.90. The maximum atomic E-state index is 12.2. The molecule has 1 aliphatic rings. The van der Waals surface area contributed by atoms with Crippen LogP contribution >= 0.6 is 22.7 Å². The molecular formula is C13H17N5OS2. The van der Waals surface area contributed by atoms with Crippen molar-refractivity contribution in [3.05, 3.63) is 21.5 Å². The maximum absolute atomic E-state index is 12.2. The van der Waals surface area contributed by atoms with Crippen LogP contribution in [-0.4, -0.2) is 29.0 Å². The summed E-state index contributed by atoms with van der Waals surface area (Å²) in [7, 11) is 0. The van der Waals surface area contributed by atoms with Crippen molar-refractivity contribution in [3.8, 4) is 0 Å². The van der Waals surface area contributed by atoms with Crippen molar-refractivity contribution < 1.29 is 4.79 Å². The summed E-state index contributed by atoms with van der Waals surface area (Å²) in [4.78, 5) is 23.4. The van der Waals surface area contributed by atoms with Crippen molar-refractivity contribution in [3.63, 3.8) is 0 Å². The highest BCUT2D eigenvalue weighted by Crippen LogP contribution is 2.29. The molecule has 8 heteroatoms. The zero-order chi connectivity index (χ0) is 14.7. The molecule has 0 unspecified atom stereocenters. The van der Waals surface area contributed by atoms with Gasteiger partial charge in [0.2, 0.25) is 0 Å². The lowest BCUT2D eigenvalue weighted by Gasteiger charge is -2.25. The SMILES string of the molecule is Nc1nc(N2CCCCC2)sc1C(=O)NCc1nccs1. The predicted molar refractivity (Wildman–Crippen MR) is 85.9 cm³/mol. The molecule has 0 atom stereocenters. The topological polar surface area (TPSA) is 84.1 Å². The molecule has 6 nitrogen and oxygen atoms in total. The number of piperidine rings is 1. The minimum absolute atomic E-state index is 0.177. The second-order valence-electron chi connectivity index (χ2n) is 4.87. The second-order valence-corrected chi connectivity index (χ2v) is 6.82. The molecule has 1 fully saturated rings. The van der Waals surface area contributed by atoms with Crippen LogP contribution in [0.3, 0.4) is 0 Å². The number of nitrogens with one attached hydrogen (secondary N) is 1. The van der Waals surface area contributed by atoms with E-state index in [2.05, 4.69) is 20.2 Å². The molecule has 1 amide bonds. The van der Waals surface area contributed by atoms with Gasteiger partial charge in [0.25, 0.3) is 5.91 Å². The van der Waals surface area contributed by atoms with Gasteiger partial charge in [-0.25, -0.2) is 9.97 Å². The van der Waals surface area contributed by atoms with Gasteiger partial charge < -0.3 is 16.0 Å². The minimum atomic E-state index is -0.177.